The number of amides is 1. The minimum absolute atomic E-state index is 0.00341. The number of rotatable bonds is 5. The first kappa shape index (κ1) is 23.8. The van der Waals surface area contributed by atoms with Crippen molar-refractivity contribution in [2.75, 3.05) is 11.9 Å². The summed E-state index contributed by atoms with van der Waals surface area (Å²) in [6.45, 7) is 9.37. The van der Waals surface area contributed by atoms with Gasteiger partial charge in [-0.3, -0.25) is 9.88 Å². The zero-order chi connectivity index (χ0) is 26.7. The Morgan fingerprint density at radius 1 is 1.08 bits per heavy atom. The summed E-state index contributed by atoms with van der Waals surface area (Å²) in [5.41, 5.74) is 0.680. The lowest BCUT2D eigenvalue weighted by Crippen LogP contribution is -2.26. The second kappa shape index (κ2) is 8.50. The number of anilines is 1. The number of halogens is 1. The molecule has 6 rings (SSSR count). The summed E-state index contributed by atoms with van der Waals surface area (Å²) < 4.78 is 26.3. The van der Waals surface area contributed by atoms with Gasteiger partial charge in [-0.05, 0) is 60.9 Å². The molecular weight excluding hydrogens is 489 g/mol. The van der Waals surface area contributed by atoms with Crippen LogP contribution >= 0.6 is 0 Å². The van der Waals surface area contributed by atoms with Crippen molar-refractivity contribution in [1.82, 2.24) is 4.57 Å². The van der Waals surface area contributed by atoms with Crippen LogP contribution in [0.1, 0.15) is 37.3 Å². The minimum atomic E-state index is -0.945. The fourth-order valence-electron chi connectivity index (χ4n) is 5.89. The van der Waals surface area contributed by atoms with Crippen LogP contribution in [-0.4, -0.2) is 27.5 Å². The Labute approximate surface area is 217 Å². The van der Waals surface area contributed by atoms with E-state index in [1.165, 1.54) is 28.8 Å². The molecule has 0 aliphatic carbocycles. The Morgan fingerprint density at radius 3 is 2.53 bits per heavy atom. The zero-order valence-electron chi connectivity index (χ0n) is 20.5. The van der Waals surface area contributed by atoms with E-state index in [2.05, 4.69) is 10.2 Å². The van der Waals surface area contributed by atoms with E-state index in [9.17, 15) is 19.4 Å². The molecule has 8 nitrogen and oxygen atoms in total. The highest BCUT2D eigenvalue weighted by Gasteiger charge is 2.61. The Hall–Kier alpha value is -4.55. The number of hydrogen-bond donors (Lipinski definition) is 3. The fourth-order valence-corrected chi connectivity index (χ4v) is 5.89. The van der Waals surface area contributed by atoms with Crippen LogP contribution in [0.3, 0.4) is 0 Å². The quantitative estimate of drug-likeness (QED) is 0.261. The molecule has 3 heterocycles. The molecule has 38 heavy (non-hydrogen) atoms. The van der Waals surface area contributed by atoms with Gasteiger partial charge in [0.2, 0.25) is 11.8 Å². The highest BCUT2D eigenvalue weighted by atomic mass is 19.1. The molecule has 3 aromatic carbocycles. The van der Waals surface area contributed by atoms with Gasteiger partial charge in [0.25, 0.3) is 0 Å². The van der Waals surface area contributed by atoms with E-state index in [0.717, 1.165) is 0 Å². The third-order valence-corrected chi connectivity index (χ3v) is 7.60. The van der Waals surface area contributed by atoms with E-state index >= 15 is 0 Å². The molecule has 2 unspecified atom stereocenters. The molecular formula is C29H24FN3O5. The van der Waals surface area contributed by atoms with Crippen molar-refractivity contribution >= 4 is 28.2 Å². The van der Waals surface area contributed by atoms with Gasteiger partial charge in [0, 0.05) is 12.1 Å². The molecule has 192 valence electrons. The van der Waals surface area contributed by atoms with Gasteiger partial charge in [-0.1, -0.05) is 30.3 Å². The molecule has 2 atom stereocenters. The second-order valence-electron chi connectivity index (χ2n) is 9.84. The molecule has 0 spiro atoms. The van der Waals surface area contributed by atoms with Gasteiger partial charge in [-0.15, -0.1) is 0 Å². The van der Waals surface area contributed by atoms with Crippen LogP contribution < -0.4 is 5.32 Å². The van der Waals surface area contributed by atoms with Gasteiger partial charge in [-0.25, -0.2) is 14.0 Å². The summed E-state index contributed by atoms with van der Waals surface area (Å²) >= 11 is 0. The molecule has 0 saturated carbocycles. The smallest absolute Gasteiger partial charge is 0.411 e. The number of fused-ring (bicyclic) bond motifs is 6. The number of ether oxygens (including phenoxy) is 2. The van der Waals surface area contributed by atoms with Crippen LogP contribution in [0.15, 0.2) is 60.7 Å². The van der Waals surface area contributed by atoms with Gasteiger partial charge in [0.15, 0.2) is 5.69 Å². The Kier molecular flexibility index (Phi) is 5.33. The van der Waals surface area contributed by atoms with E-state index < -0.39 is 23.1 Å². The number of aromatic hydroxyl groups is 2. The first-order valence-corrected chi connectivity index (χ1v) is 12.2. The molecule has 0 radical (unpaired) electrons. The lowest BCUT2D eigenvalue weighted by atomic mass is 9.78. The van der Waals surface area contributed by atoms with Crippen molar-refractivity contribution in [3.63, 3.8) is 0 Å². The normalized spacial score (nSPS) is 21.3. The largest absolute Gasteiger partial charge is 0.494 e. The summed E-state index contributed by atoms with van der Waals surface area (Å²) in [6, 6.07) is 16.1. The number of carbonyl (C=O) groups is 1. The Morgan fingerprint density at radius 2 is 1.79 bits per heavy atom. The first-order chi connectivity index (χ1) is 18.3. The Bertz CT molecular complexity index is 1640. The number of hydrogen-bond acceptors (Lipinski definition) is 5. The molecule has 9 heteroatoms. The summed E-state index contributed by atoms with van der Waals surface area (Å²) in [6.07, 6.45) is 0.772. The summed E-state index contributed by atoms with van der Waals surface area (Å²) in [7, 11) is 0. The van der Waals surface area contributed by atoms with Crippen molar-refractivity contribution in [2.24, 2.45) is 0 Å². The molecule has 1 aromatic heterocycles. The molecule has 4 aromatic rings. The van der Waals surface area contributed by atoms with Crippen LogP contribution in [-0.2, 0) is 20.7 Å². The van der Waals surface area contributed by atoms with E-state index in [1.807, 2.05) is 31.2 Å². The van der Waals surface area contributed by atoms with Crippen LogP contribution in [0.2, 0.25) is 0 Å². The van der Waals surface area contributed by atoms with E-state index in [4.69, 9.17) is 16.0 Å². The maximum atomic E-state index is 13.1. The number of nitrogens with one attached hydrogen (secondary N) is 1. The van der Waals surface area contributed by atoms with Crippen molar-refractivity contribution in [3.05, 3.63) is 89.0 Å². The molecule has 1 saturated heterocycles. The number of aromatic nitrogens is 1. The monoisotopic (exact) mass is 513 g/mol. The highest BCUT2D eigenvalue weighted by Crippen LogP contribution is 2.65. The predicted molar refractivity (Wildman–Crippen MR) is 138 cm³/mol. The molecule has 3 N–H and O–H groups in total. The lowest BCUT2D eigenvalue weighted by molar-refractivity contribution is -0.0888. The summed E-state index contributed by atoms with van der Waals surface area (Å²) in [5.74, 6) is -0.665. The number of benzene rings is 3. The van der Waals surface area contributed by atoms with Crippen molar-refractivity contribution in [1.29, 1.82) is 0 Å². The highest BCUT2D eigenvalue weighted by molar-refractivity contribution is 6.00. The summed E-state index contributed by atoms with van der Waals surface area (Å²) in [4.78, 5) is 15.9. The lowest BCUT2D eigenvalue weighted by Gasteiger charge is -2.26. The van der Waals surface area contributed by atoms with Gasteiger partial charge >= 0.3 is 6.09 Å². The fraction of sp³-hybridized carbons (Fsp3) is 0.241. The molecule has 1 fully saturated rings. The summed E-state index contributed by atoms with van der Waals surface area (Å²) in [5, 5.41) is 26.9. The van der Waals surface area contributed by atoms with Crippen LogP contribution in [0.5, 0.6) is 11.8 Å². The van der Waals surface area contributed by atoms with Crippen LogP contribution in [0.4, 0.5) is 20.6 Å². The van der Waals surface area contributed by atoms with E-state index in [0.29, 0.717) is 51.8 Å². The SMILES string of the molecule is [C-]#[N+]c1ccc(-n2c(O)c3c(c2O)C2(CCOC(=O)Nc4ccc(F)cc4)CCC3(C)O2)c2ccccc12. The number of nitrogens with zero attached hydrogens (tertiary/aromatic N) is 2. The second-order valence-corrected chi connectivity index (χ2v) is 9.84. The standard InChI is InChI=1S/C29H24FN3O5/c1-28-13-14-29(38-28,15-16-37-27(36)32-18-9-7-17(30)8-10-18)24-23(28)25(34)33(26(24)35)22-12-11-21(31-2)19-5-3-4-6-20(19)22/h3-12,34-35H,13-16H2,1H3,(H,32,36). The van der Waals surface area contributed by atoms with Crippen molar-refractivity contribution < 1.29 is 28.9 Å². The maximum absolute atomic E-state index is 13.1. The van der Waals surface area contributed by atoms with E-state index in [1.54, 1.807) is 12.1 Å². The Balaban J connectivity index is 1.32. The van der Waals surface area contributed by atoms with Crippen molar-refractivity contribution in [3.8, 4) is 17.4 Å². The third-order valence-electron chi connectivity index (χ3n) is 7.60. The van der Waals surface area contributed by atoms with Gasteiger partial charge in [0.05, 0.1) is 35.6 Å². The molecule has 2 aliphatic heterocycles. The number of carbonyl (C=O) groups excluding carboxylic acids is 1. The third kappa shape index (κ3) is 3.49. The maximum Gasteiger partial charge on any atom is 0.411 e. The molecule has 1 amide bonds. The van der Waals surface area contributed by atoms with Crippen LogP contribution in [0, 0.1) is 12.4 Å². The topological polar surface area (TPSA) is 97.3 Å². The molecule has 2 aliphatic rings. The van der Waals surface area contributed by atoms with Gasteiger partial charge in [-0.2, -0.15) is 0 Å². The van der Waals surface area contributed by atoms with Gasteiger partial charge < -0.3 is 19.7 Å². The average Bonchev–Trinajstić information content (AvgIpc) is 3.49. The van der Waals surface area contributed by atoms with Crippen LogP contribution in [0.25, 0.3) is 21.3 Å². The predicted octanol–water partition coefficient (Wildman–Crippen LogP) is 6.60. The van der Waals surface area contributed by atoms with Crippen molar-refractivity contribution in [2.45, 2.75) is 37.4 Å². The average molecular weight is 514 g/mol. The molecule has 2 bridgehead atoms. The first-order valence-electron chi connectivity index (χ1n) is 12.2. The van der Waals surface area contributed by atoms with Gasteiger partial charge in [0.1, 0.15) is 11.4 Å². The van der Waals surface area contributed by atoms with E-state index in [-0.39, 0.29) is 24.8 Å². The zero-order valence-corrected chi connectivity index (χ0v) is 20.5. The minimum Gasteiger partial charge on any atom is -0.494 e.